The zero-order valence-electron chi connectivity index (χ0n) is 20.2. The molecule has 4 aromatic rings. The number of halogens is 3. The van der Waals surface area contributed by atoms with Crippen LogP contribution in [-0.4, -0.2) is 14.8 Å². The van der Waals surface area contributed by atoms with Crippen LogP contribution in [0.3, 0.4) is 0 Å². The summed E-state index contributed by atoms with van der Waals surface area (Å²) >= 11 is 0. The molecule has 4 nitrogen and oxygen atoms in total. The van der Waals surface area contributed by atoms with Gasteiger partial charge in [-0.3, -0.25) is 0 Å². The summed E-state index contributed by atoms with van der Waals surface area (Å²) in [6.07, 6.45) is -4.63. The van der Waals surface area contributed by atoms with Gasteiger partial charge in [0.15, 0.2) is 11.5 Å². The molecule has 1 radical (unpaired) electrons. The molecule has 1 aromatic heterocycles. The standard InChI is InChI=1S/C28H24F3N4.Ir/c1-17(2)21-12-9-13-22(18(3)4)25(21)35-26(19-10-7-6-8-11-19)33-34-27(35)23-16-20(32-5)14-15-24(23)28(29,30)31;/h6-10,12-18H,1-4H3;/q-1;. The van der Waals surface area contributed by atoms with Crippen molar-refractivity contribution in [2.24, 2.45) is 0 Å². The summed E-state index contributed by atoms with van der Waals surface area (Å²) in [5.74, 6) is 0.591. The maximum atomic E-state index is 14.1. The second-order valence-electron chi connectivity index (χ2n) is 8.89. The van der Waals surface area contributed by atoms with Crippen molar-refractivity contribution >= 4 is 5.69 Å². The van der Waals surface area contributed by atoms with E-state index in [4.69, 9.17) is 6.57 Å². The number of alkyl halides is 3. The zero-order chi connectivity index (χ0) is 25.3. The number of rotatable bonds is 5. The van der Waals surface area contributed by atoms with Gasteiger partial charge in [0.05, 0.1) is 18.0 Å². The molecular weight excluding hydrogens is 642 g/mol. The molecule has 0 bridgehead atoms. The Morgan fingerprint density at radius 2 is 1.53 bits per heavy atom. The van der Waals surface area contributed by atoms with Gasteiger partial charge in [-0.25, -0.2) is 4.85 Å². The second kappa shape index (κ2) is 10.8. The Labute approximate surface area is 222 Å². The summed E-state index contributed by atoms with van der Waals surface area (Å²) in [7, 11) is 0. The molecule has 1 heterocycles. The largest absolute Gasteiger partial charge is 0.417 e. The van der Waals surface area contributed by atoms with Gasteiger partial charge in [-0.1, -0.05) is 58.0 Å². The first-order valence-electron chi connectivity index (χ1n) is 11.3. The van der Waals surface area contributed by atoms with Gasteiger partial charge in [0, 0.05) is 31.4 Å². The van der Waals surface area contributed by atoms with Gasteiger partial charge in [0.1, 0.15) is 0 Å². The first kappa shape index (κ1) is 27.3. The van der Waals surface area contributed by atoms with Crippen molar-refractivity contribution in [1.29, 1.82) is 0 Å². The van der Waals surface area contributed by atoms with Crippen molar-refractivity contribution in [3.8, 4) is 28.5 Å². The molecule has 0 atom stereocenters. The molecule has 0 saturated carbocycles. The van der Waals surface area contributed by atoms with Crippen molar-refractivity contribution in [3.05, 3.63) is 94.8 Å². The van der Waals surface area contributed by atoms with Crippen LogP contribution in [-0.2, 0) is 26.3 Å². The molecule has 0 aliphatic carbocycles. The van der Waals surface area contributed by atoms with Crippen LogP contribution < -0.4 is 0 Å². The van der Waals surface area contributed by atoms with E-state index in [1.807, 2.05) is 58.0 Å². The third kappa shape index (κ3) is 5.13. The van der Waals surface area contributed by atoms with E-state index in [2.05, 4.69) is 21.1 Å². The minimum atomic E-state index is -4.63. The van der Waals surface area contributed by atoms with Crippen LogP contribution in [0.2, 0.25) is 0 Å². The Balaban J connectivity index is 0.00000361. The third-order valence-corrected chi connectivity index (χ3v) is 5.86. The molecule has 0 spiro atoms. The first-order valence-corrected chi connectivity index (χ1v) is 11.3. The average Bonchev–Trinajstić information content (AvgIpc) is 3.27. The monoisotopic (exact) mass is 666 g/mol. The Morgan fingerprint density at radius 1 is 0.889 bits per heavy atom. The van der Waals surface area contributed by atoms with E-state index in [-0.39, 0.29) is 49.0 Å². The van der Waals surface area contributed by atoms with Gasteiger partial charge < -0.3 is 4.57 Å². The minimum absolute atomic E-state index is 0. The molecule has 0 aliphatic heterocycles. The maximum Gasteiger partial charge on any atom is 0.417 e. The smallest absolute Gasteiger partial charge is 0.316 e. The first-order chi connectivity index (χ1) is 16.6. The third-order valence-electron chi connectivity index (χ3n) is 5.86. The fourth-order valence-corrected chi connectivity index (χ4v) is 4.18. The molecule has 0 saturated heterocycles. The van der Waals surface area contributed by atoms with Gasteiger partial charge in [-0.15, -0.1) is 41.0 Å². The van der Waals surface area contributed by atoms with Crippen LogP contribution in [0.25, 0.3) is 33.3 Å². The predicted octanol–water partition coefficient (Wildman–Crippen LogP) is 8.22. The summed E-state index contributed by atoms with van der Waals surface area (Å²) in [6, 6.07) is 19.6. The van der Waals surface area contributed by atoms with Crippen molar-refractivity contribution in [1.82, 2.24) is 14.8 Å². The van der Waals surface area contributed by atoms with Crippen LogP contribution in [0.5, 0.6) is 0 Å². The van der Waals surface area contributed by atoms with Crippen LogP contribution >= 0.6 is 0 Å². The fraction of sp³-hybridized carbons (Fsp3) is 0.250. The number of nitrogens with zero attached hydrogens (tertiary/aromatic N) is 4. The SMILES string of the molecule is [C-]#[N+]c1ccc(C(F)(F)F)c(-c2nnc(-c3[c-]cccc3)n2-c2c(C(C)C)cccc2C(C)C)c1.[Ir]. The van der Waals surface area contributed by atoms with Crippen molar-refractivity contribution in [2.75, 3.05) is 0 Å². The molecule has 36 heavy (non-hydrogen) atoms. The Morgan fingerprint density at radius 3 is 2.06 bits per heavy atom. The summed E-state index contributed by atoms with van der Waals surface area (Å²) in [5.41, 5.74) is 2.33. The maximum absolute atomic E-state index is 14.1. The molecular formula is C28H24F3IrN4-. The van der Waals surface area contributed by atoms with Gasteiger partial charge in [0.2, 0.25) is 0 Å². The topological polar surface area (TPSA) is 35.1 Å². The van der Waals surface area contributed by atoms with Crippen LogP contribution in [0.1, 0.15) is 56.2 Å². The average molecular weight is 666 g/mol. The van der Waals surface area contributed by atoms with E-state index in [0.29, 0.717) is 11.4 Å². The quantitative estimate of drug-likeness (QED) is 0.202. The summed E-state index contributed by atoms with van der Waals surface area (Å²) in [6.45, 7) is 15.5. The van der Waals surface area contributed by atoms with Crippen LogP contribution in [0.15, 0.2) is 60.7 Å². The molecule has 8 heteroatoms. The fourth-order valence-electron chi connectivity index (χ4n) is 4.18. The summed E-state index contributed by atoms with van der Waals surface area (Å²) in [5, 5.41) is 8.64. The minimum Gasteiger partial charge on any atom is -0.316 e. The van der Waals surface area contributed by atoms with Crippen molar-refractivity contribution in [2.45, 2.75) is 45.7 Å². The summed E-state index contributed by atoms with van der Waals surface area (Å²) in [4.78, 5) is 3.36. The Bertz CT molecular complexity index is 1370. The van der Waals surface area contributed by atoms with E-state index in [1.165, 1.54) is 12.1 Å². The van der Waals surface area contributed by atoms with Gasteiger partial charge in [-0.2, -0.15) is 18.3 Å². The summed E-state index contributed by atoms with van der Waals surface area (Å²) < 4.78 is 44.0. The molecule has 4 rings (SSSR count). The number of aromatic nitrogens is 3. The number of hydrogen-bond acceptors (Lipinski definition) is 2. The van der Waals surface area contributed by atoms with Crippen molar-refractivity contribution in [3.63, 3.8) is 0 Å². The molecule has 0 amide bonds. The molecule has 3 aromatic carbocycles. The molecule has 0 fully saturated rings. The number of benzene rings is 3. The molecule has 0 unspecified atom stereocenters. The molecule has 0 N–H and O–H groups in total. The second-order valence-corrected chi connectivity index (χ2v) is 8.89. The molecule has 187 valence electrons. The number of hydrogen-bond donors (Lipinski definition) is 0. The molecule has 0 aliphatic rings. The van der Waals surface area contributed by atoms with Crippen LogP contribution in [0, 0.1) is 12.6 Å². The normalized spacial score (nSPS) is 11.4. The zero-order valence-corrected chi connectivity index (χ0v) is 22.6. The van der Waals surface area contributed by atoms with E-state index >= 15 is 0 Å². The van der Waals surface area contributed by atoms with Gasteiger partial charge in [0.25, 0.3) is 0 Å². The van der Waals surface area contributed by atoms with Gasteiger partial charge in [-0.05, 0) is 29.0 Å². The van der Waals surface area contributed by atoms with E-state index < -0.39 is 11.7 Å². The Kier molecular flexibility index (Phi) is 8.18. The Hall–Kier alpha value is -3.27. The number of para-hydroxylation sites is 1. The predicted molar refractivity (Wildman–Crippen MR) is 131 cm³/mol. The van der Waals surface area contributed by atoms with E-state index in [9.17, 15) is 13.2 Å². The van der Waals surface area contributed by atoms with E-state index in [1.54, 1.807) is 16.7 Å². The van der Waals surface area contributed by atoms with Crippen LogP contribution in [0.4, 0.5) is 18.9 Å². The van der Waals surface area contributed by atoms with Gasteiger partial charge >= 0.3 is 6.18 Å². The van der Waals surface area contributed by atoms with Crippen molar-refractivity contribution < 1.29 is 33.3 Å². The van der Waals surface area contributed by atoms with E-state index in [0.717, 1.165) is 22.9 Å².